The van der Waals surface area contributed by atoms with E-state index in [0.717, 1.165) is 28.2 Å². The molecule has 1 aromatic carbocycles. The molecule has 0 aliphatic rings. The highest BCUT2D eigenvalue weighted by Gasteiger charge is 2.11. The summed E-state index contributed by atoms with van der Waals surface area (Å²) in [4.78, 5) is 18.2. The molecule has 2 heterocycles. The number of hydrogen-bond acceptors (Lipinski definition) is 3. The Morgan fingerprint density at radius 3 is 2.48 bits per heavy atom. The van der Waals surface area contributed by atoms with Crippen LogP contribution in [-0.4, -0.2) is 32.6 Å². The van der Waals surface area contributed by atoms with Gasteiger partial charge < -0.3 is 4.90 Å². The quantitative estimate of drug-likeness (QED) is 0.720. The summed E-state index contributed by atoms with van der Waals surface area (Å²) in [6, 6.07) is 13.9. The molecule has 0 bridgehead atoms. The SMILES string of the molecule is Cc1cc(C)n(-c2ccc(CC(=O)N(C)Cc3cccnc3)cc2)n1. The molecule has 5 nitrogen and oxygen atoms in total. The molecule has 5 heteroatoms. The highest BCUT2D eigenvalue weighted by Crippen LogP contribution is 2.14. The van der Waals surface area contributed by atoms with Gasteiger partial charge in [0.2, 0.25) is 5.91 Å². The molecule has 3 rings (SSSR count). The van der Waals surface area contributed by atoms with E-state index >= 15 is 0 Å². The van der Waals surface area contributed by atoms with Crippen LogP contribution >= 0.6 is 0 Å². The third-order valence-electron chi connectivity index (χ3n) is 4.11. The lowest BCUT2D eigenvalue weighted by Crippen LogP contribution is -2.27. The van der Waals surface area contributed by atoms with Crippen LogP contribution in [0.1, 0.15) is 22.5 Å². The molecule has 0 unspecified atom stereocenters. The van der Waals surface area contributed by atoms with E-state index in [1.165, 1.54) is 0 Å². The van der Waals surface area contributed by atoms with Crippen molar-refractivity contribution in [3.63, 3.8) is 0 Å². The topological polar surface area (TPSA) is 51.0 Å². The number of pyridine rings is 1. The second kappa shape index (κ2) is 7.30. The van der Waals surface area contributed by atoms with Crippen LogP contribution in [-0.2, 0) is 17.8 Å². The fourth-order valence-electron chi connectivity index (χ4n) is 2.81. The number of hydrogen-bond donors (Lipinski definition) is 0. The van der Waals surface area contributed by atoms with E-state index in [1.807, 2.05) is 68.0 Å². The van der Waals surface area contributed by atoms with Crippen molar-refractivity contribution in [2.45, 2.75) is 26.8 Å². The minimum absolute atomic E-state index is 0.0858. The standard InChI is InChI=1S/C20H22N4O/c1-15-11-16(2)24(22-15)19-8-6-17(7-9-19)12-20(25)23(3)14-18-5-4-10-21-13-18/h4-11,13H,12,14H2,1-3H3. The summed E-state index contributed by atoms with van der Waals surface area (Å²) in [7, 11) is 1.82. The van der Waals surface area contributed by atoms with Crippen molar-refractivity contribution in [2.75, 3.05) is 7.05 Å². The maximum absolute atomic E-state index is 12.4. The minimum atomic E-state index is 0.0858. The number of carbonyl (C=O) groups is 1. The predicted octanol–water partition coefficient (Wildman–Crippen LogP) is 3.09. The van der Waals surface area contributed by atoms with Crippen LogP contribution in [0.4, 0.5) is 0 Å². The van der Waals surface area contributed by atoms with Crippen LogP contribution in [0.2, 0.25) is 0 Å². The fraction of sp³-hybridized carbons (Fsp3) is 0.250. The molecule has 0 aliphatic heterocycles. The third-order valence-corrected chi connectivity index (χ3v) is 4.11. The number of benzene rings is 1. The van der Waals surface area contributed by atoms with Crippen LogP contribution in [0.5, 0.6) is 0 Å². The molecule has 0 atom stereocenters. The molecule has 1 amide bonds. The Kier molecular flexibility index (Phi) is 4.93. The number of amides is 1. The number of carbonyl (C=O) groups excluding carboxylic acids is 1. The fourth-order valence-corrected chi connectivity index (χ4v) is 2.81. The first kappa shape index (κ1) is 16.9. The van der Waals surface area contributed by atoms with Gasteiger partial charge in [-0.1, -0.05) is 18.2 Å². The van der Waals surface area contributed by atoms with Crippen LogP contribution < -0.4 is 0 Å². The lowest BCUT2D eigenvalue weighted by molar-refractivity contribution is -0.129. The Morgan fingerprint density at radius 1 is 1.12 bits per heavy atom. The average molecular weight is 334 g/mol. The summed E-state index contributed by atoms with van der Waals surface area (Å²) >= 11 is 0. The lowest BCUT2D eigenvalue weighted by Gasteiger charge is -2.17. The van der Waals surface area contributed by atoms with E-state index in [9.17, 15) is 4.79 Å². The van der Waals surface area contributed by atoms with E-state index in [-0.39, 0.29) is 5.91 Å². The zero-order valence-corrected chi connectivity index (χ0v) is 14.8. The molecule has 25 heavy (non-hydrogen) atoms. The molecular formula is C20H22N4O. The van der Waals surface area contributed by atoms with Gasteiger partial charge in [0.25, 0.3) is 0 Å². The van der Waals surface area contributed by atoms with Crippen molar-refractivity contribution in [2.24, 2.45) is 0 Å². The lowest BCUT2D eigenvalue weighted by atomic mass is 10.1. The molecule has 2 aromatic heterocycles. The van der Waals surface area contributed by atoms with E-state index in [2.05, 4.69) is 10.1 Å². The first-order chi connectivity index (χ1) is 12.0. The summed E-state index contributed by atoms with van der Waals surface area (Å²) in [6.07, 6.45) is 3.90. The van der Waals surface area contributed by atoms with Gasteiger partial charge in [0.1, 0.15) is 0 Å². The molecule has 0 fully saturated rings. The Balaban J connectivity index is 1.64. The first-order valence-electron chi connectivity index (χ1n) is 8.28. The van der Waals surface area contributed by atoms with Crippen molar-refractivity contribution < 1.29 is 4.79 Å². The van der Waals surface area contributed by atoms with Crippen molar-refractivity contribution >= 4 is 5.91 Å². The highest BCUT2D eigenvalue weighted by molar-refractivity contribution is 5.78. The Bertz CT molecular complexity index is 853. The van der Waals surface area contributed by atoms with Crippen LogP contribution in [0.25, 0.3) is 5.69 Å². The molecule has 0 radical (unpaired) electrons. The summed E-state index contributed by atoms with van der Waals surface area (Å²) < 4.78 is 1.91. The monoisotopic (exact) mass is 334 g/mol. The molecule has 0 spiro atoms. The van der Waals surface area contributed by atoms with Crippen molar-refractivity contribution in [1.29, 1.82) is 0 Å². The maximum Gasteiger partial charge on any atom is 0.227 e. The number of nitrogens with zero attached hydrogens (tertiary/aromatic N) is 4. The number of rotatable bonds is 5. The maximum atomic E-state index is 12.4. The summed E-state index contributed by atoms with van der Waals surface area (Å²) in [5, 5.41) is 4.48. The smallest absolute Gasteiger partial charge is 0.227 e. The Morgan fingerprint density at radius 2 is 1.88 bits per heavy atom. The van der Waals surface area contributed by atoms with Crippen LogP contribution in [0.3, 0.4) is 0 Å². The molecule has 0 N–H and O–H groups in total. The number of aromatic nitrogens is 3. The predicted molar refractivity (Wildman–Crippen MR) is 97.5 cm³/mol. The molecule has 0 aliphatic carbocycles. The van der Waals surface area contributed by atoms with Gasteiger partial charge in [-0.05, 0) is 49.2 Å². The van der Waals surface area contributed by atoms with E-state index in [1.54, 1.807) is 17.3 Å². The molecule has 0 saturated heterocycles. The highest BCUT2D eigenvalue weighted by atomic mass is 16.2. The summed E-state index contributed by atoms with van der Waals surface area (Å²) in [5.74, 6) is 0.0858. The average Bonchev–Trinajstić information content (AvgIpc) is 2.95. The summed E-state index contributed by atoms with van der Waals surface area (Å²) in [5.41, 5.74) is 5.11. The van der Waals surface area contributed by atoms with Gasteiger partial charge in [0, 0.05) is 31.7 Å². The van der Waals surface area contributed by atoms with Crippen molar-refractivity contribution in [3.8, 4) is 5.69 Å². The van der Waals surface area contributed by atoms with Crippen LogP contribution in [0.15, 0.2) is 54.9 Å². The number of aryl methyl sites for hydroxylation is 2. The van der Waals surface area contributed by atoms with Gasteiger partial charge in [0.05, 0.1) is 17.8 Å². The van der Waals surface area contributed by atoms with E-state index in [4.69, 9.17) is 0 Å². The van der Waals surface area contributed by atoms with Gasteiger partial charge in [-0.2, -0.15) is 5.10 Å². The number of likely N-dealkylation sites (N-methyl/N-ethyl adjacent to an activating group) is 1. The van der Waals surface area contributed by atoms with Gasteiger partial charge in [-0.15, -0.1) is 0 Å². The zero-order valence-electron chi connectivity index (χ0n) is 14.8. The van der Waals surface area contributed by atoms with Crippen molar-refractivity contribution in [1.82, 2.24) is 19.7 Å². The largest absolute Gasteiger partial charge is 0.341 e. The van der Waals surface area contributed by atoms with Gasteiger partial charge >= 0.3 is 0 Å². The van der Waals surface area contributed by atoms with E-state index in [0.29, 0.717) is 13.0 Å². The Hall–Kier alpha value is -2.95. The summed E-state index contributed by atoms with van der Waals surface area (Å²) in [6.45, 7) is 4.58. The molecule has 128 valence electrons. The Labute approximate surface area is 147 Å². The van der Waals surface area contributed by atoms with Gasteiger partial charge in [-0.3, -0.25) is 9.78 Å². The minimum Gasteiger partial charge on any atom is -0.341 e. The molecule has 0 saturated carbocycles. The molecule has 3 aromatic rings. The normalized spacial score (nSPS) is 10.7. The van der Waals surface area contributed by atoms with E-state index < -0.39 is 0 Å². The van der Waals surface area contributed by atoms with Gasteiger partial charge in [0.15, 0.2) is 0 Å². The zero-order chi connectivity index (χ0) is 17.8. The molecular weight excluding hydrogens is 312 g/mol. The second-order valence-corrected chi connectivity index (χ2v) is 6.29. The van der Waals surface area contributed by atoms with Gasteiger partial charge in [-0.25, -0.2) is 4.68 Å². The second-order valence-electron chi connectivity index (χ2n) is 6.29. The van der Waals surface area contributed by atoms with Crippen molar-refractivity contribution in [3.05, 3.63) is 77.4 Å². The third kappa shape index (κ3) is 4.12. The first-order valence-corrected chi connectivity index (χ1v) is 8.28. The van der Waals surface area contributed by atoms with Crippen LogP contribution in [0, 0.1) is 13.8 Å².